The summed E-state index contributed by atoms with van der Waals surface area (Å²) in [5.74, 6) is 1.15. The van der Waals surface area contributed by atoms with E-state index in [1.807, 2.05) is 12.1 Å². The topological polar surface area (TPSA) is 67.7 Å². The fourth-order valence-corrected chi connectivity index (χ4v) is 3.64. The molecule has 0 saturated carbocycles. The van der Waals surface area contributed by atoms with E-state index in [0.717, 1.165) is 51.0 Å². The van der Waals surface area contributed by atoms with E-state index in [1.165, 1.54) is 0 Å². The van der Waals surface area contributed by atoms with E-state index in [4.69, 9.17) is 9.47 Å². The highest BCUT2D eigenvalue weighted by molar-refractivity contribution is 5.16. The molecule has 3 heterocycles. The molecule has 0 aliphatic carbocycles. The predicted octanol–water partition coefficient (Wildman–Crippen LogP) is 2.41. The van der Waals surface area contributed by atoms with E-state index < -0.39 is 5.60 Å². The van der Waals surface area contributed by atoms with Crippen molar-refractivity contribution in [2.75, 3.05) is 39.5 Å². The minimum Gasteiger partial charge on any atom is -0.476 e. The zero-order valence-corrected chi connectivity index (χ0v) is 16.4. The van der Waals surface area contributed by atoms with Crippen molar-refractivity contribution in [1.29, 1.82) is 0 Å². The molecule has 26 heavy (non-hydrogen) atoms. The molecule has 2 aliphatic rings. The minimum atomic E-state index is -0.564. The molecule has 146 valence electrons. The van der Waals surface area contributed by atoms with Gasteiger partial charge in [-0.25, -0.2) is 0 Å². The van der Waals surface area contributed by atoms with E-state index in [0.29, 0.717) is 31.6 Å². The van der Waals surface area contributed by atoms with Crippen LogP contribution >= 0.6 is 0 Å². The van der Waals surface area contributed by atoms with Crippen LogP contribution in [0.5, 0.6) is 5.88 Å². The van der Waals surface area contributed by atoms with Crippen molar-refractivity contribution in [3.05, 3.63) is 17.8 Å². The lowest BCUT2D eigenvalue weighted by Crippen LogP contribution is -2.49. The van der Waals surface area contributed by atoms with Gasteiger partial charge in [0, 0.05) is 44.1 Å². The molecule has 6 nitrogen and oxygen atoms in total. The Kier molecular flexibility index (Phi) is 6.15. The van der Waals surface area contributed by atoms with Crippen molar-refractivity contribution in [3.8, 4) is 5.88 Å². The second-order valence-electron chi connectivity index (χ2n) is 8.87. The van der Waals surface area contributed by atoms with Gasteiger partial charge in [0.2, 0.25) is 5.88 Å². The molecular formula is C20H33N3O3. The van der Waals surface area contributed by atoms with Gasteiger partial charge >= 0.3 is 0 Å². The lowest BCUT2D eigenvalue weighted by atomic mass is 9.91. The van der Waals surface area contributed by atoms with Crippen LogP contribution in [0.1, 0.15) is 52.1 Å². The van der Waals surface area contributed by atoms with E-state index >= 15 is 0 Å². The van der Waals surface area contributed by atoms with Crippen molar-refractivity contribution >= 4 is 0 Å². The molecule has 0 amide bonds. The zero-order valence-electron chi connectivity index (χ0n) is 16.4. The third-order valence-corrected chi connectivity index (χ3v) is 5.52. The summed E-state index contributed by atoms with van der Waals surface area (Å²) in [5, 5.41) is 19.1. The van der Waals surface area contributed by atoms with Crippen molar-refractivity contribution in [2.45, 2.75) is 57.5 Å². The normalized spacial score (nSPS) is 22.3. The Labute approximate surface area is 156 Å². The van der Waals surface area contributed by atoms with Crippen molar-refractivity contribution in [2.24, 2.45) is 5.92 Å². The number of β-amino-alcohol motifs (C(OH)–C–C–N with tert-alkyl or cyclic N) is 1. The smallest absolute Gasteiger partial charge is 0.233 e. The molecular weight excluding hydrogens is 330 g/mol. The summed E-state index contributed by atoms with van der Waals surface area (Å²) in [6.45, 7) is 11.2. The standard InChI is InChI=1S/C20H33N3O3/c1-19(2,3)17-4-5-18(22-21-17)26-14-16-6-10-23(11-7-16)15-20(24)8-12-25-13-9-20/h4-5,16,24H,6-15H2,1-3H3. The summed E-state index contributed by atoms with van der Waals surface area (Å²) in [6.07, 6.45) is 3.69. The molecule has 0 atom stereocenters. The molecule has 0 unspecified atom stereocenters. The first-order valence-corrected chi connectivity index (χ1v) is 9.84. The van der Waals surface area contributed by atoms with E-state index in [-0.39, 0.29) is 5.41 Å². The largest absolute Gasteiger partial charge is 0.476 e. The number of aromatic nitrogens is 2. The number of ether oxygens (including phenoxy) is 2. The van der Waals surface area contributed by atoms with Gasteiger partial charge in [0.15, 0.2) is 0 Å². The number of aliphatic hydroxyl groups is 1. The van der Waals surface area contributed by atoms with Gasteiger partial charge in [-0.2, -0.15) is 5.10 Å². The van der Waals surface area contributed by atoms with E-state index in [1.54, 1.807) is 0 Å². The number of nitrogens with zero attached hydrogens (tertiary/aromatic N) is 3. The Bertz CT molecular complexity index is 557. The van der Waals surface area contributed by atoms with Crippen molar-refractivity contribution in [3.63, 3.8) is 0 Å². The van der Waals surface area contributed by atoms with Crippen LogP contribution in [0.4, 0.5) is 0 Å². The fourth-order valence-electron chi connectivity index (χ4n) is 3.64. The SMILES string of the molecule is CC(C)(C)c1ccc(OCC2CCN(CC3(O)CCOCC3)CC2)nn1. The first-order chi connectivity index (χ1) is 12.3. The molecule has 1 aromatic rings. The van der Waals surface area contributed by atoms with Crippen LogP contribution in [0.3, 0.4) is 0 Å². The Morgan fingerprint density at radius 2 is 1.88 bits per heavy atom. The highest BCUT2D eigenvalue weighted by Crippen LogP contribution is 2.25. The zero-order chi connectivity index (χ0) is 18.6. The summed E-state index contributed by atoms with van der Waals surface area (Å²) >= 11 is 0. The molecule has 0 spiro atoms. The monoisotopic (exact) mass is 363 g/mol. The van der Waals surface area contributed by atoms with E-state index in [2.05, 4.69) is 35.9 Å². The lowest BCUT2D eigenvalue weighted by molar-refractivity contribution is -0.0834. The van der Waals surface area contributed by atoms with Crippen LogP contribution in [0.15, 0.2) is 12.1 Å². The maximum Gasteiger partial charge on any atom is 0.233 e. The Hall–Kier alpha value is -1.24. The molecule has 1 aromatic heterocycles. The van der Waals surface area contributed by atoms with Gasteiger partial charge < -0.3 is 19.5 Å². The first-order valence-electron chi connectivity index (χ1n) is 9.84. The molecule has 1 N–H and O–H groups in total. The van der Waals surface area contributed by atoms with Crippen LogP contribution in [0.25, 0.3) is 0 Å². The maximum absolute atomic E-state index is 10.7. The summed E-state index contributed by atoms with van der Waals surface area (Å²) in [7, 11) is 0. The van der Waals surface area contributed by atoms with Crippen LogP contribution in [-0.4, -0.2) is 65.3 Å². The average Bonchev–Trinajstić information content (AvgIpc) is 2.61. The van der Waals surface area contributed by atoms with Gasteiger partial charge in [0.25, 0.3) is 0 Å². The second kappa shape index (κ2) is 8.19. The molecule has 2 saturated heterocycles. The fraction of sp³-hybridized carbons (Fsp3) is 0.800. The van der Waals surface area contributed by atoms with Crippen LogP contribution in [-0.2, 0) is 10.2 Å². The van der Waals surface area contributed by atoms with Crippen molar-refractivity contribution in [1.82, 2.24) is 15.1 Å². The first kappa shape index (κ1) is 19.5. The van der Waals surface area contributed by atoms with Gasteiger partial charge in [0.1, 0.15) is 0 Å². The van der Waals surface area contributed by atoms with Crippen LogP contribution in [0, 0.1) is 5.92 Å². The Balaban J connectivity index is 1.40. The molecule has 0 aromatic carbocycles. The number of hydrogen-bond donors (Lipinski definition) is 1. The van der Waals surface area contributed by atoms with Gasteiger partial charge in [-0.05, 0) is 37.9 Å². The minimum absolute atomic E-state index is 0.00683. The molecule has 2 aliphatic heterocycles. The molecule has 2 fully saturated rings. The predicted molar refractivity (Wildman–Crippen MR) is 100 cm³/mol. The quantitative estimate of drug-likeness (QED) is 0.866. The number of likely N-dealkylation sites (tertiary alicyclic amines) is 1. The maximum atomic E-state index is 10.7. The highest BCUT2D eigenvalue weighted by atomic mass is 16.5. The van der Waals surface area contributed by atoms with Crippen molar-refractivity contribution < 1.29 is 14.6 Å². The average molecular weight is 364 g/mol. The summed E-state index contributed by atoms with van der Waals surface area (Å²) in [4.78, 5) is 2.39. The summed E-state index contributed by atoms with van der Waals surface area (Å²) < 4.78 is 11.2. The van der Waals surface area contributed by atoms with Crippen LogP contribution in [0.2, 0.25) is 0 Å². The third-order valence-electron chi connectivity index (χ3n) is 5.52. The molecule has 3 rings (SSSR count). The van der Waals surface area contributed by atoms with E-state index in [9.17, 15) is 5.11 Å². The van der Waals surface area contributed by atoms with Gasteiger partial charge in [-0.1, -0.05) is 20.8 Å². The lowest BCUT2D eigenvalue weighted by Gasteiger charge is -2.39. The summed E-state index contributed by atoms with van der Waals surface area (Å²) in [6, 6.07) is 3.92. The number of piperidine rings is 1. The van der Waals surface area contributed by atoms with Gasteiger partial charge in [0.05, 0.1) is 17.9 Å². The molecule has 6 heteroatoms. The summed E-state index contributed by atoms with van der Waals surface area (Å²) in [5.41, 5.74) is 0.419. The molecule has 0 radical (unpaired) electrons. The highest BCUT2D eigenvalue weighted by Gasteiger charge is 2.33. The third kappa shape index (κ3) is 5.38. The second-order valence-corrected chi connectivity index (χ2v) is 8.87. The number of hydrogen-bond acceptors (Lipinski definition) is 6. The Morgan fingerprint density at radius 3 is 2.46 bits per heavy atom. The Morgan fingerprint density at radius 1 is 1.19 bits per heavy atom. The number of rotatable bonds is 5. The van der Waals surface area contributed by atoms with Gasteiger partial charge in [-0.15, -0.1) is 5.10 Å². The van der Waals surface area contributed by atoms with Gasteiger partial charge in [-0.3, -0.25) is 0 Å². The molecule has 0 bridgehead atoms. The van der Waals surface area contributed by atoms with Crippen LogP contribution < -0.4 is 4.74 Å².